The first-order valence-electron chi connectivity index (χ1n) is 7.86. The third kappa shape index (κ3) is 4.22. The summed E-state index contributed by atoms with van der Waals surface area (Å²) in [5.41, 5.74) is 2.37. The van der Waals surface area contributed by atoms with Crippen molar-refractivity contribution in [2.45, 2.75) is 12.8 Å². The van der Waals surface area contributed by atoms with E-state index in [1.54, 1.807) is 36.9 Å². The molecule has 0 atom stereocenters. The summed E-state index contributed by atoms with van der Waals surface area (Å²) in [4.78, 5) is 34.2. The number of hydrogen-bond donors (Lipinski definition) is 1. The smallest absolute Gasteiger partial charge is 0.211 e. The summed E-state index contributed by atoms with van der Waals surface area (Å²) >= 11 is 0. The molecule has 0 spiro atoms. The molecule has 6 nitrogen and oxygen atoms in total. The van der Waals surface area contributed by atoms with Gasteiger partial charge in [0.2, 0.25) is 12.2 Å². The number of amides is 1. The van der Waals surface area contributed by atoms with Crippen LogP contribution < -0.4 is 5.32 Å². The molecule has 1 aliphatic rings. The number of carbonyl (C=O) groups is 2. The van der Waals surface area contributed by atoms with E-state index in [0.717, 1.165) is 37.2 Å². The fourth-order valence-corrected chi connectivity index (χ4v) is 2.88. The molecule has 0 unspecified atom stereocenters. The predicted octanol–water partition coefficient (Wildman–Crippen LogP) is 2.29. The molecule has 0 bridgehead atoms. The molecule has 1 saturated heterocycles. The van der Waals surface area contributed by atoms with E-state index in [-0.39, 0.29) is 23.9 Å². The van der Waals surface area contributed by atoms with Crippen LogP contribution in [-0.2, 0) is 4.79 Å². The number of allylic oxidation sites excluding steroid dienone is 1. The standard InChI is InChI=1S/C18H18N4O2.ClH/c23-13-21-16(18(24)15-5-9-20-10-6-15)17(22-11-1-2-12-22)14-3-7-19-8-4-14;/h3-10,13H,1-2,11-12H2,(H,21,23);1H. The van der Waals surface area contributed by atoms with Crippen LogP contribution in [0.3, 0.4) is 0 Å². The Kier molecular flexibility index (Phi) is 6.65. The zero-order valence-electron chi connectivity index (χ0n) is 13.6. The van der Waals surface area contributed by atoms with Crippen LogP contribution in [0.15, 0.2) is 54.7 Å². The van der Waals surface area contributed by atoms with E-state index >= 15 is 0 Å². The van der Waals surface area contributed by atoms with E-state index < -0.39 is 0 Å². The molecule has 3 rings (SSSR count). The highest BCUT2D eigenvalue weighted by Crippen LogP contribution is 2.27. The van der Waals surface area contributed by atoms with Crippen LogP contribution in [0.5, 0.6) is 0 Å². The van der Waals surface area contributed by atoms with Gasteiger partial charge in [0, 0.05) is 49.0 Å². The maximum Gasteiger partial charge on any atom is 0.211 e. The number of aromatic nitrogens is 2. The summed E-state index contributed by atoms with van der Waals surface area (Å²) in [6, 6.07) is 6.98. The minimum absolute atomic E-state index is 0. The van der Waals surface area contributed by atoms with Crippen LogP contribution >= 0.6 is 12.4 Å². The minimum Gasteiger partial charge on any atom is -0.369 e. The molecule has 2 aromatic rings. The Morgan fingerprint density at radius 1 is 0.960 bits per heavy atom. The average molecular weight is 359 g/mol. The van der Waals surface area contributed by atoms with Crippen molar-refractivity contribution >= 4 is 30.3 Å². The van der Waals surface area contributed by atoms with E-state index in [1.165, 1.54) is 0 Å². The van der Waals surface area contributed by atoms with Crippen LogP contribution in [0.25, 0.3) is 5.70 Å². The van der Waals surface area contributed by atoms with Gasteiger partial charge in [0.15, 0.2) is 0 Å². The Labute approximate surface area is 152 Å². The molecule has 1 amide bonds. The van der Waals surface area contributed by atoms with Gasteiger partial charge in [-0.2, -0.15) is 0 Å². The first kappa shape index (κ1) is 18.6. The molecule has 0 radical (unpaired) electrons. The van der Waals surface area contributed by atoms with Crippen molar-refractivity contribution in [3.05, 3.63) is 65.9 Å². The Hall–Kier alpha value is -2.73. The van der Waals surface area contributed by atoms with Gasteiger partial charge >= 0.3 is 0 Å². The number of rotatable bonds is 6. The van der Waals surface area contributed by atoms with Gasteiger partial charge in [-0.25, -0.2) is 0 Å². The number of nitrogens with one attached hydrogen (secondary N) is 1. The van der Waals surface area contributed by atoms with Gasteiger partial charge in [-0.3, -0.25) is 19.6 Å². The normalized spacial score (nSPS) is 14.3. The molecule has 1 N–H and O–H groups in total. The highest BCUT2D eigenvalue weighted by atomic mass is 35.5. The van der Waals surface area contributed by atoms with Crippen molar-refractivity contribution < 1.29 is 9.59 Å². The molecule has 1 fully saturated rings. The van der Waals surface area contributed by atoms with Crippen molar-refractivity contribution in [2.75, 3.05) is 13.1 Å². The number of carbonyl (C=O) groups excluding carboxylic acids is 2. The average Bonchev–Trinajstić information content (AvgIpc) is 3.17. The van der Waals surface area contributed by atoms with Crippen molar-refractivity contribution in [1.82, 2.24) is 20.2 Å². The second-order valence-electron chi connectivity index (χ2n) is 5.48. The number of likely N-dealkylation sites (tertiary alicyclic amines) is 1. The highest BCUT2D eigenvalue weighted by molar-refractivity contribution is 6.13. The fraction of sp³-hybridized carbons (Fsp3) is 0.222. The second kappa shape index (κ2) is 8.94. The lowest BCUT2D eigenvalue weighted by molar-refractivity contribution is -0.108. The number of nitrogens with zero attached hydrogens (tertiary/aromatic N) is 3. The van der Waals surface area contributed by atoms with Crippen molar-refractivity contribution in [3.63, 3.8) is 0 Å². The molecule has 3 heterocycles. The number of Topliss-reactive ketones (excluding diaryl/α,β-unsaturated/α-hetero) is 1. The summed E-state index contributed by atoms with van der Waals surface area (Å²) < 4.78 is 0. The summed E-state index contributed by atoms with van der Waals surface area (Å²) in [7, 11) is 0. The van der Waals surface area contributed by atoms with Crippen molar-refractivity contribution in [1.29, 1.82) is 0 Å². The quantitative estimate of drug-likeness (QED) is 0.487. The van der Waals surface area contributed by atoms with E-state index in [1.807, 2.05) is 12.1 Å². The van der Waals surface area contributed by atoms with E-state index in [0.29, 0.717) is 12.0 Å². The maximum atomic E-state index is 13.0. The van der Waals surface area contributed by atoms with Gasteiger partial charge in [0.25, 0.3) is 0 Å². The SMILES string of the molecule is Cl.O=CNC(C(=O)c1ccncc1)=C(c1ccncc1)N1CCCC1. The number of halogens is 1. The van der Waals surface area contributed by atoms with Crippen LogP contribution in [0.2, 0.25) is 0 Å². The fourth-order valence-electron chi connectivity index (χ4n) is 2.88. The van der Waals surface area contributed by atoms with Gasteiger partial charge < -0.3 is 10.2 Å². The van der Waals surface area contributed by atoms with Crippen LogP contribution in [0, 0.1) is 0 Å². The molecule has 130 valence electrons. The Bertz CT molecular complexity index is 744. The van der Waals surface area contributed by atoms with E-state index in [9.17, 15) is 9.59 Å². The number of ketones is 1. The third-order valence-corrected chi connectivity index (χ3v) is 3.99. The van der Waals surface area contributed by atoms with Gasteiger partial charge in [0.1, 0.15) is 5.70 Å². The largest absolute Gasteiger partial charge is 0.369 e. The van der Waals surface area contributed by atoms with Crippen LogP contribution in [-0.4, -0.2) is 40.2 Å². The Morgan fingerprint density at radius 3 is 2.00 bits per heavy atom. The summed E-state index contributed by atoms with van der Waals surface area (Å²) in [6.45, 7) is 1.70. The maximum absolute atomic E-state index is 13.0. The van der Waals surface area contributed by atoms with Gasteiger partial charge in [0.05, 0.1) is 5.70 Å². The van der Waals surface area contributed by atoms with Gasteiger partial charge in [-0.05, 0) is 37.1 Å². The first-order valence-corrected chi connectivity index (χ1v) is 7.86. The summed E-state index contributed by atoms with van der Waals surface area (Å²) in [6.07, 6.45) is 9.16. The van der Waals surface area contributed by atoms with Crippen molar-refractivity contribution in [2.24, 2.45) is 0 Å². The molecular formula is C18H19ClN4O2. The number of hydrogen-bond acceptors (Lipinski definition) is 5. The zero-order chi connectivity index (χ0) is 16.8. The highest BCUT2D eigenvalue weighted by Gasteiger charge is 2.25. The van der Waals surface area contributed by atoms with Gasteiger partial charge in [-0.15, -0.1) is 12.4 Å². The third-order valence-electron chi connectivity index (χ3n) is 3.99. The lowest BCUT2D eigenvalue weighted by atomic mass is 10.0. The topological polar surface area (TPSA) is 75.2 Å². The monoisotopic (exact) mass is 358 g/mol. The molecule has 2 aromatic heterocycles. The first-order chi connectivity index (χ1) is 11.8. The molecule has 25 heavy (non-hydrogen) atoms. The van der Waals surface area contributed by atoms with Crippen LogP contribution in [0.1, 0.15) is 28.8 Å². The van der Waals surface area contributed by atoms with Crippen molar-refractivity contribution in [3.8, 4) is 0 Å². The molecular weight excluding hydrogens is 340 g/mol. The zero-order valence-corrected chi connectivity index (χ0v) is 14.4. The lowest BCUT2D eigenvalue weighted by Gasteiger charge is -2.25. The summed E-state index contributed by atoms with van der Waals surface area (Å²) in [5, 5.41) is 2.62. The molecule has 1 aliphatic heterocycles. The lowest BCUT2D eigenvalue weighted by Crippen LogP contribution is -2.28. The molecule has 0 saturated carbocycles. The van der Waals surface area contributed by atoms with Gasteiger partial charge in [-0.1, -0.05) is 0 Å². The number of pyridine rings is 2. The molecule has 7 heteroatoms. The summed E-state index contributed by atoms with van der Waals surface area (Å²) in [5.74, 6) is -0.233. The second-order valence-corrected chi connectivity index (χ2v) is 5.48. The Morgan fingerprint density at radius 2 is 1.48 bits per heavy atom. The Balaban J connectivity index is 0.00000225. The minimum atomic E-state index is -0.233. The van der Waals surface area contributed by atoms with Crippen LogP contribution in [0.4, 0.5) is 0 Å². The predicted molar refractivity (Wildman–Crippen MR) is 97.0 cm³/mol. The molecule has 0 aromatic carbocycles. The molecule has 0 aliphatic carbocycles. The van der Waals surface area contributed by atoms with E-state index in [2.05, 4.69) is 20.2 Å². The van der Waals surface area contributed by atoms with E-state index in [4.69, 9.17) is 0 Å².